The van der Waals surface area contributed by atoms with E-state index in [1.807, 2.05) is 48.0 Å². The van der Waals surface area contributed by atoms with Crippen molar-refractivity contribution in [3.05, 3.63) is 65.4 Å². The molecule has 11 heteroatoms. The molecule has 0 spiro atoms. The van der Waals surface area contributed by atoms with Gasteiger partial charge in [0.1, 0.15) is 0 Å². The van der Waals surface area contributed by atoms with Gasteiger partial charge >= 0.3 is 0 Å². The summed E-state index contributed by atoms with van der Waals surface area (Å²) in [6.07, 6.45) is 2.02. The lowest BCUT2D eigenvalue weighted by Crippen LogP contribution is -2.50. The Balaban J connectivity index is 1.40. The number of amides is 1. The lowest BCUT2D eigenvalue weighted by Gasteiger charge is -2.31. The predicted octanol–water partition coefficient (Wildman–Crippen LogP) is 3.85. The molecule has 0 saturated heterocycles. The number of hydrogen-bond donors (Lipinski definition) is 3. The Labute approximate surface area is 239 Å². The van der Waals surface area contributed by atoms with Gasteiger partial charge in [-0.05, 0) is 55.9 Å². The van der Waals surface area contributed by atoms with Gasteiger partial charge in [0, 0.05) is 56.2 Å². The second-order valence-corrected chi connectivity index (χ2v) is 13.4. The maximum atomic E-state index is 13.7. The molecular formula is C30H38F2N4O4S. The lowest BCUT2D eigenvalue weighted by molar-refractivity contribution is -0.0412. The Morgan fingerprint density at radius 3 is 2.56 bits per heavy atom. The number of aliphatic hydroxyl groups is 1. The number of rotatable bonds is 9. The summed E-state index contributed by atoms with van der Waals surface area (Å²) < 4.78 is 56.2. The molecule has 0 unspecified atom stereocenters. The summed E-state index contributed by atoms with van der Waals surface area (Å²) in [4.78, 5) is 13.7. The highest BCUT2D eigenvalue weighted by atomic mass is 32.2. The van der Waals surface area contributed by atoms with Gasteiger partial charge in [0.05, 0.1) is 29.1 Å². The van der Waals surface area contributed by atoms with Crippen LogP contribution in [0.15, 0.2) is 48.7 Å². The van der Waals surface area contributed by atoms with Crippen LogP contribution in [0.2, 0.25) is 0 Å². The highest BCUT2D eigenvalue weighted by Gasteiger charge is 2.35. The molecule has 222 valence electrons. The number of aryl methyl sites for hydroxylation is 2. The van der Waals surface area contributed by atoms with Crippen LogP contribution in [0.25, 0.3) is 10.9 Å². The minimum absolute atomic E-state index is 0.0144. The first-order valence-corrected chi connectivity index (χ1v) is 15.8. The quantitative estimate of drug-likeness (QED) is 0.353. The number of nitrogens with zero attached hydrogens (tertiary/aromatic N) is 2. The Kier molecular flexibility index (Phi) is 8.41. The van der Waals surface area contributed by atoms with Gasteiger partial charge in [-0.25, -0.2) is 17.2 Å². The predicted molar refractivity (Wildman–Crippen MR) is 156 cm³/mol. The molecule has 1 aliphatic carbocycles. The molecule has 3 N–H and O–H groups in total. The molecule has 1 fully saturated rings. The normalized spacial score (nSPS) is 20.0. The standard InChI is InChI=1S/C30H38F2N4O4S/c1-3-36-19-21-11-14-41(39,40)35(2)25-16-22(17-26(36)28(21)25)29(38)34-24(15-20-7-5-4-6-8-20)27(37)18-33-23-9-12-30(31,32)13-10-23/h4-8,16-17,19,23-24,27,33,37H,3,9-15,18H2,1-2H3,(H,34,38)/t24-,27+/m0/s1. The summed E-state index contributed by atoms with van der Waals surface area (Å²) in [5.74, 6) is -3.08. The summed E-state index contributed by atoms with van der Waals surface area (Å²) >= 11 is 0. The zero-order valence-corrected chi connectivity index (χ0v) is 24.3. The zero-order valence-electron chi connectivity index (χ0n) is 23.4. The molecule has 2 aliphatic rings. The van der Waals surface area contributed by atoms with Crippen LogP contribution >= 0.6 is 0 Å². The van der Waals surface area contributed by atoms with Crippen LogP contribution in [0, 0.1) is 0 Å². The molecule has 41 heavy (non-hydrogen) atoms. The van der Waals surface area contributed by atoms with Crippen molar-refractivity contribution in [3.8, 4) is 0 Å². The third-order valence-electron chi connectivity index (χ3n) is 8.44. The number of carbonyl (C=O) groups is 1. The van der Waals surface area contributed by atoms with Crippen molar-refractivity contribution in [2.45, 2.75) is 76.1 Å². The van der Waals surface area contributed by atoms with Gasteiger partial charge in [-0.15, -0.1) is 0 Å². The molecule has 2 aromatic carbocycles. The van der Waals surface area contributed by atoms with E-state index in [2.05, 4.69) is 10.6 Å². The minimum Gasteiger partial charge on any atom is -0.390 e. The summed E-state index contributed by atoms with van der Waals surface area (Å²) in [7, 11) is -2.04. The molecule has 1 aliphatic heterocycles. The van der Waals surface area contributed by atoms with Gasteiger partial charge in [-0.2, -0.15) is 0 Å². The molecule has 1 amide bonds. The van der Waals surface area contributed by atoms with E-state index < -0.39 is 34.0 Å². The zero-order chi connectivity index (χ0) is 29.4. The number of hydrogen-bond acceptors (Lipinski definition) is 5. The molecule has 1 aromatic heterocycles. The first-order chi connectivity index (χ1) is 19.5. The summed E-state index contributed by atoms with van der Waals surface area (Å²) in [5, 5.41) is 18.2. The van der Waals surface area contributed by atoms with Crippen molar-refractivity contribution in [1.29, 1.82) is 0 Å². The number of halogens is 2. The SMILES string of the molecule is CCn1cc2c3c(cc(C(=O)N[C@@H](Cc4ccccc4)[C@H](O)CNC4CCC(F)(F)CC4)cc31)N(C)S(=O)(=O)CC2. The van der Waals surface area contributed by atoms with Crippen molar-refractivity contribution in [2.75, 3.05) is 23.7 Å². The van der Waals surface area contributed by atoms with Crippen molar-refractivity contribution in [3.63, 3.8) is 0 Å². The highest BCUT2D eigenvalue weighted by Crippen LogP contribution is 2.37. The number of nitrogens with one attached hydrogen (secondary N) is 2. The van der Waals surface area contributed by atoms with Gasteiger partial charge in [-0.3, -0.25) is 9.10 Å². The van der Waals surface area contributed by atoms with E-state index in [-0.39, 0.29) is 31.2 Å². The average Bonchev–Trinajstić information content (AvgIpc) is 3.28. The van der Waals surface area contributed by atoms with Gasteiger partial charge in [0.2, 0.25) is 15.9 Å². The van der Waals surface area contributed by atoms with E-state index in [0.717, 1.165) is 22.0 Å². The largest absolute Gasteiger partial charge is 0.390 e. The van der Waals surface area contributed by atoms with E-state index in [1.54, 1.807) is 12.1 Å². The number of anilines is 1. The molecule has 2 heterocycles. The van der Waals surface area contributed by atoms with E-state index in [1.165, 1.54) is 11.4 Å². The number of aromatic nitrogens is 1. The number of alkyl halides is 2. The summed E-state index contributed by atoms with van der Waals surface area (Å²) in [6, 6.07) is 12.1. The van der Waals surface area contributed by atoms with Gasteiger partial charge in [-0.1, -0.05) is 30.3 Å². The summed E-state index contributed by atoms with van der Waals surface area (Å²) in [6.45, 7) is 2.79. The number of aliphatic hydroxyl groups excluding tert-OH is 1. The van der Waals surface area contributed by atoms with Gasteiger partial charge < -0.3 is 20.3 Å². The van der Waals surface area contributed by atoms with E-state index in [9.17, 15) is 27.1 Å². The van der Waals surface area contributed by atoms with Crippen LogP contribution in [-0.2, 0) is 29.4 Å². The maximum absolute atomic E-state index is 13.7. The van der Waals surface area contributed by atoms with Gasteiger partial charge in [0.15, 0.2) is 0 Å². The van der Waals surface area contributed by atoms with Crippen LogP contribution in [0.4, 0.5) is 14.5 Å². The lowest BCUT2D eigenvalue weighted by atomic mass is 9.92. The van der Waals surface area contributed by atoms with Crippen molar-refractivity contribution in [1.82, 2.24) is 15.2 Å². The Morgan fingerprint density at radius 2 is 1.88 bits per heavy atom. The smallest absolute Gasteiger partial charge is 0.251 e. The Hall–Kier alpha value is -3.02. The average molecular weight is 589 g/mol. The van der Waals surface area contributed by atoms with E-state index >= 15 is 0 Å². The molecule has 3 aromatic rings. The van der Waals surface area contributed by atoms with E-state index in [4.69, 9.17) is 0 Å². The molecular weight excluding hydrogens is 550 g/mol. The molecule has 0 bridgehead atoms. The van der Waals surface area contributed by atoms with E-state index in [0.29, 0.717) is 43.5 Å². The summed E-state index contributed by atoms with van der Waals surface area (Å²) in [5.41, 5.74) is 3.39. The van der Waals surface area contributed by atoms with Gasteiger partial charge in [0.25, 0.3) is 5.91 Å². The first kappa shape index (κ1) is 29.5. The fourth-order valence-electron chi connectivity index (χ4n) is 5.92. The van der Waals surface area contributed by atoms with Crippen LogP contribution < -0.4 is 14.9 Å². The number of benzene rings is 2. The van der Waals surface area contributed by atoms with Crippen LogP contribution in [-0.4, -0.2) is 67.5 Å². The third kappa shape index (κ3) is 6.42. The second-order valence-electron chi connectivity index (χ2n) is 11.2. The molecule has 0 radical (unpaired) electrons. The van der Waals surface area contributed by atoms with Crippen LogP contribution in [0.1, 0.15) is 54.1 Å². The molecule has 8 nitrogen and oxygen atoms in total. The minimum atomic E-state index is -3.55. The molecule has 1 saturated carbocycles. The van der Waals surface area contributed by atoms with Crippen molar-refractivity contribution in [2.24, 2.45) is 0 Å². The van der Waals surface area contributed by atoms with Crippen LogP contribution in [0.5, 0.6) is 0 Å². The van der Waals surface area contributed by atoms with Crippen molar-refractivity contribution < 1.29 is 27.1 Å². The van der Waals surface area contributed by atoms with Crippen LogP contribution in [0.3, 0.4) is 0 Å². The van der Waals surface area contributed by atoms with Crippen molar-refractivity contribution >= 4 is 32.5 Å². The topological polar surface area (TPSA) is 104 Å². The Morgan fingerprint density at radius 1 is 1.17 bits per heavy atom. The molecule has 5 rings (SSSR count). The molecule has 2 atom stereocenters. The maximum Gasteiger partial charge on any atom is 0.251 e. The fraction of sp³-hybridized carbons (Fsp3) is 0.500. The first-order valence-electron chi connectivity index (χ1n) is 14.2. The Bertz CT molecular complexity index is 1500. The monoisotopic (exact) mass is 588 g/mol. The number of sulfonamides is 1. The third-order valence-corrected chi connectivity index (χ3v) is 10.2. The highest BCUT2D eigenvalue weighted by molar-refractivity contribution is 7.92. The number of carbonyl (C=O) groups excluding carboxylic acids is 1. The fourth-order valence-corrected chi connectivity index (χ4v) is 7.12. The second kappa shape index (κ2) is 11.7.